The Bertz CT molecular complexity index is 882. The summed E-state index contributed by atoms with van der Waals surface area (Å²) in [4.78, 5) is 31.0. The molecule has 4 heterocycles. The summed E-state index contributed by atoms with van der Waals surface area (Å²) in [7, 11) is 0. The molecule has 2 aromatic rings. The smallest absolute Gasteiger partial charge is 0.249 e. The molecule has 2 fully saturated rings. The molecule has 2 aromatic heterocycles. The number of nitrogens with zero attached hydrogens (tertiary/aromatic N) is 3. The molecule has 0 unspecified atom stereocenters. The van der Waals surface area contributed by atoms with Crippen molar-refractivity contribution in [3.05, 3.63) is 30.6 Å². The Hall–Kier alpha value is -2.45. The zero-order valence-electron chi connectivity index (χ0n) is 16.7. The van der Waals surface area contributed by atoms with E-state index in [1.54, 1.807) is 18.0 Å². The van der Waals surface area contributed by atoms with Crippen molar-refractivity contribution in [3.63, 3.8) is 0 Å². The summed E-state index contributed by atoms with van der Waals surface area (Å²) < 4.78 is 7.39. The molecule has 2 N–H and O–H groups in total. The van der Waals surface area contributed by atoms with Gasteiger partial charge in [-0.15, -0.1) is 0 Å². The Morgan fingerprint density at radius 3 is 2.90 bits per heavy atom. The van der Waals surface area contributed by atoms with E-state index in [0.29, 0.717) is 45.5 Å². The van der Waals surface area contributed by atoms with Crippen LogP contribution in [0, 0.1) is 0 Å². The van der Waals surface area contributed by atoms with Crippen LogP contribution < -0.4 is 5.32 Å². The zero-order valence-corrected chi connectivity index (χ0v) is 16.7. The summed E-state index contributed by atoms with van der Waals surface area (Å²) in [5.74, 6) is -0.334. The Morgan fingerprint density at radius 1 is 1.38 bits per heavy atom. The van der Waals surface area contributed by atoms with E-state index in [1.807, 2.05) is 29.0 Å². The van der Waals surface area contributed by atoms with Crippen LogP contribution in [0.15, 0.2) is 30.6 Å². The number of carbonyl (C=O) groups excluding carboxylic acids is 2. The number of rotatable bonds is 5. The van der Waals surface area contributed by atoms with Crippen molar-refractivity contribution in [1.29, 1.82) is 0 Å². The number of ether oxygens (including phenoxy) is 1. The summed E-state index contributed by atoms with van der Waals surface area (Å²) in [5.41, 5.74) is 1.02. The fraction of sp³-hybridized carbons (Fsp3) is 0.571. The van der Waals surface area contributed by atoms with E-state index in [9.17, 15) is 14.7 Å². The second-order valence-electron chi connectivity index (χ2n) is 8.13. The molecule has 0 radical (unpaired) electrons. The number of aromatic nitrogens is 2. The van der Waals surface area contributed by atoms with Crippen molar-refractivity contribution in [1.82, 2.24) is 19.8 Å². The van der Waals surface area contributed by atoms with Crippen molar-refractivity contribution < 1.29 is 19.4 Å². The minimum Gasteiger partial charge on any atom is -0.388 e. The molecule has 0 aliphatic carbocycles. The van der Waals surface area contributed by atoms with Gasteiger partial charge in [-0.2, -0.15) is 0 Å². The molecule has 4 rings (SSSR count). The maximum absolute atomic E-state index is 12.7. The quantitative estimate of drug-likeness (QED) is 0.783. The van der Waals surface area contributed by atoms with Gasteiger partial charge in [0.05, 0.1) is 23.2 Å². The number of carbonyl (C=O) groups is 2. The fourth-order valence-corrected chi connectivity index (χ4v) is 4.20. The van der Waals surface area contributed by atoms with Crippen molar-refractivity contribution >= 4 is 22.8 Å². The minimum atomic E-state index is -0.872. The van der Waals surface area contributed by atoms with Crippen LogP contribution in [0.5, 0.6) is 0 Å². The van der Waals surface area contributed by atoms with Crippen LogP contribution in [-0.2, 0) is 20.9 Å². The molecule has 0 spiro atoms. The number of amides is 2. The third-order valence-corrected chi connectivity index (χ3v) is 5.96. The molecule has 2 aliphatic rings. The summed E-state index contributed by atoms with van der Waals surface area (Å²) in [6, 6.07) is 5.21. The summed E-state index contributed by atoms with van der Waals surface area (Å²) >= 11 is 0. The maximum Gasteiger partial charge on any atom is 0.249 e. The van der Waals surface area contributed by atoms with Gasteiger partial charge in [-0.3, -0.25) is 14.6 Å². The monoisotopic (exact) mass is 400 g/mol. The molecule has 2 aliphatic heterocycles. The van der Waals surface area contributed by atoms with E-state index in [4.69, 9.17) is 4.74 Å². The molecule has 29 heavy (non-hydrogen) atoms. The highest BCUT2D eigenvalue weighted by molar-refractivity contribution is 5.89. The molecule has 2 amide bonds. The van der Waals surface area contributed by atoms with E-state index >= 15 is 0 Å². The van der Waals surface area contributed by atoms with E-state index in [0.717, 1.165) is 17.5 Å². The lowest BCUT2D eigenvalue weighted by Crippen LogP contribution is -2.54. The molecule has 0 saturated carbocycles. The maximum atomic E-state index is 12.7. The number of aliphatic hydroxyl groups is 1. The Labute approximate surface area is 169 Å². The molecule has 2 atom stereocenters. The first-order valence-corrected chi connectivity index (χ1v) is 10.3. The second kappa shape index (κ2) is 8.12. The number of piperidine rings is 1. The first-order chi connectivity index (χ1) is 14.0. The van der Waals surface area contributed by atoms with Gasteiger partial charge in [-0.1, -0.05) is 0 Å². The molecule has 8 nitrogen and oxygen atoms in total. The number of pyridine rings is 1. The molecular weight excluding hydrogens is 372 g/mol. The number of nitrogens with one attached hydrogen (secondary N) is 1. The summed E-state index contributed by atoms with van der Waals surface area (Å²) in [6.45, 7) is 3.70. The third kappa shape index (κ3) is 4.28. The normalized spacial score (nSPS) is 22.6. The van der Waals surface area contributed by atoms with Gasteiger partial charge in [-0.05, 0) is 50.8 Å². The number of hydrogen-bond acceptors (Lipinski definition) is 5. The standard InChI is InChI=1S/C21H28N4O4/c1-15(23-19(26)18-5-3-13-29-18)20(27)24-11-7-21(28,8-12-24)14-25-10-6-16-17(25)4-2-9-22-16/h2,4,6,9-10,15,18,28H,3,5,7-8,11-14H2,1H3,(H,23,26)/t15-,18-/m1/s1. The van der Waals surface area contributed by atoms with Gasteiger partial charge in [-0.25, -0.2) is 0 Å². The van der Waals surface area contributed by atoms with Crippen LogP contribution >= 0.6 is 0 Å². The van der Waals surface area contributed by atoms with Gasteiger partial charge >= 0.3 is 0 Å². The van der Waals surface area contributed by atoms with Crippen LogP contribution in [0.3, 0.4) is 0 Å². The highest BCUT2D eigenvalue weighted by Crippen LogP contribution is 2.26. The summed E-state index contributed by atoms with van der Waals surface area (Å²) in [6.07, 6.45) is 5.81. The third-order valence-electron chi connectivity index (χ3n) is 5.96. The van der Waals surface area contributed by atoms with E-state index < -0.39 is 17.7 Å². The minimum absolute atomic E-state index is 0.117. The van der Waals surface area contributed by atoms with Crippen LogP contribution in [0.25, 0.3) is 11.0 Å². The van der Waals surface area contributed by atoms with Crippen molar-refractivity contribution in [2.75, 3.05) is 19.7 Å². The van der Waals surface area contributed by atoms with Crippen LogP contribution in [-0.4, -0.2) is 68.8 Å². The molecule has 0 bridgehead atoms. The van der Waals surface area contributed by atoms with Gasteiger partial charge in [0.2, 0.25) is 11.8 Å². The lowest BCUT2D eigenvalue weighted by atomic mass is 9.91. The first-order valence-electron chi connectivity index (χ1n) is 10.3. The SMILES string of the molecule is C[C@@H](NC(=O)[C@H]1CCCO1)C(=O)N1CCC(O)(Cn2ccc3ncccc32)CC1. The predicted octanol–water partition coefficient (Wildman–Crippen LogP) is 1.07. The van der Waals surface area contributed by atoms with Gasteiger partial charge in [0.1, 0.15) is 12.1 Å². The van der Waals surface area contributed by atoms with E-state index in [2.05, 4.69) is 10.3 Å². The van der Waals surface area contributed by atoms with E-state index in [1.165, 1.54) is 0 Å². The lowest BCUT2D eigenvalue weighted by molar-refractivity contribution is -0.141. The fourth-order valence-electron chi connectivity index (χ4n) is 4.20. The Morgan fingerprint density at radius 2 is 2.17 bits per heavy atom. The van der Waals surface area contributed by atoms with Gasteiger partial charge < -0.3 is 24.6 Å². The van der Waals surface area contributed by atoms with Gasteiger partial charge in [0.25, 0.3) is 0 Å². The van der Waals surface area contributed by atoms with Crippen molar-refractivity contribution in [3.8, 4) is 0 Å². The molecule has 8 heteroatoms. The second-order valence-corrected chi connectivity index (χ2v) is 8.13. The van der Waals surface area contributed by atoms with E-state index in [-0.39, 0.29) is 11.8 Å². The van der Waals surface area contributed by atoms with Gasteiger partial charge in [0.15, 0.2) is 0 Å². The average Bonchev–Trinajstić information content (AvgIpc) is 3.39. The zero-order chi connectivity index (χ0) is 20.4. The Kier molecular flexibility index (Phi) is 5.56. The highest BCUT2D eigenvalue weighted by Gasteiger charge is 2.36. The first kappa shape index (κ1) is 19.8. The lowest BCUT2D eigenvalue weighted by Gasteiger charge is -2.39. The topological polar surface area (TPSA) is 96.7 Å². The number of likely N-dealkylation sites (tertiary alicyclic amines) is 1. The molecular formula is C21H28N4O4. The van der Waals surface area contributed by atoms with Crippen LogP contribution in [0.2, 0.25) is 0 Å². The highest BCUT2D eigenvalue weighted by atomic mass is 16.5. The average molecular weight is 400 g/mol. The molecule has 2 saturated heterocycles. The Balaban J connectivity index is 1.32. The van der Waals surface area contributed by atoms with Crippen molar-refractivity contribution in [2.24, 2.45) is 0 Å². The summed E-state index contributed by atoms with van der Waals surface area (Å²) in [5, 5.41) is 13.8. The number of fused-ring (bicyclic) bond motifs is 1. The van der Waals surface area contributed by atoms with Gasteiger partial charge in [0, 0.05) is 32.1 Å². The predicted molar refractivity (Wildman–Crippen MR) is 107 cm³/mol. The van der Waals surface area contributed by atoms with Crippen molar-refractivity contribution in [2.45, 2.75) is 56.9 Å². The molecule has 0 aromatic carbocycles. The van der Waals surface area contributed by atoms with Crippen LogP contribution in [0.1, 0.15) is 32.6 Å². The largest absolute Gasteiger partial charge is 0.388 e. The van der Waals surface area contributed by atoms with Crippen LogP contribution in [0.4, 0.5) is 0 Å². The number of hydrogen-bond donors (Lipinski definition) is 2. The molecule has 156 valence electrons.